The van der Waals surface area contributed by atoms with Crippen LogP contribution < -0.4 is 0 Å². The van der Waals surface area contributed by atoms with Crippen LogP contribution in [-0.2, 0) is 6.54 Å². The van der Waals surface area contributed by atoms with Crippen molar-refractivity contribution in [2.45, 2.75) is 32.2 Å². The molecule has 2 heterocycles. The molecule has 2 aromatic rings. The highest BCUT2D eigenvalue weighted by atomic mass is 35.5. The maximum atomic E-state index is 6.19. The van der Waals surface area contributed by atoms with Gasteiger partial charge in [0.05, 0.1) is 6.54 Å². The van der Waals surface area contributed by atoms with Gasteiger partial charge < -0.3 is 0 Å². The van der Waals surface area contributed by atoms with Crippen molar-refractivity contribution in [1.82, 2.24) is 14.9 Å². The average molecular weight is 296 g/mol. The number of aromatic nitrogens is 2. The van der Waals surface area contributed by atoms with E-state index in [4.69, 9.17) is 11.6 Å². The van der Waals surface area contributed by atoms with Crippen molar-refractivity contribution in [1.29, 1.82) is 0 Å². The maximum Gasteiger partial charge on any atom is 0.145 e. The highest BCUT2D eigenvalue weighted by molar-refractivity contribution is 7.16. The molecule has 0 spiro atoms. The Balaban J connectivity index is 1.69. The molecule has 0 aromatic carbocycles. The Morgan fingerprint density at radius 2 is 2.16 bits per heavy atom. The Morgan fingerprint density at radius 1 is 1.37 bits per heavy atom. The van der Waals surface area contributed by atoms with Gasteiger partial charge in [-0.05, 0) is 37.3 Å². The molecule has 1 fully saturated rings. The number of hydrogen-bond donors (Lipinski definition) is 0. The highest BCUT2D eigenvalue weighted by Crippen LogP contribution is 2.27. The van der Waals surface area contributed by atoms with E-state index in [-0.39, 0.29) is 0 Å². The standard InChI is InChI=1S/C14H18ClN3S/c1-18(8-10-4-2-3-5-10)9-12-16-13(15)11-6-7-19-14(11)17-12/h6-7,10H,2-5,8-9H2,1H3. The van der Waals surface area contributed by atoms with Crippen LogP contribution >= 0.6 is 22.9 Å². The van der Waals surface area contributed by atoms with E-state index in [0.29, 0.717) is 5.15 Å². The van der Waals surface area contributed by atoms with Crippen molar-refractivity contribution in [2.75, 3.05) is 13.6 Å². The number of nitrogens with zero attached hydrogens (tertiary/aromatic N) is 3. The Morgan fingerprint density at radius 3 is 2.95 bits per heavy atom. The molecule has 3 nitrogen and oxygen atoms in total. The van der Waals surface area contributed by atoms with E-state index in [1.807, 2.05) is 11.4 Å². The zero-order chi connectivity index (χ0) is 13.2. The third-order valence-electron chi connectivity index (χ3n) is 3.78. The first-order chi connectivity index (χ1) is 9.22. The number of thiophene rings is 1. The largest absolute Gasteiger partial charge is 0.299 e. The first-order valence-corrected chi connectivity index (χ1v) is 8.06. The lowest BCUT2D eigenvalue weighted by Crippen LogP contribution is -2.25. The fourth-order valence-electron chi connectivity index (χ4n) is 2.87. The molecular weight excluding hydrogens is 278 g/mol. The summed E-state index contributed by atoms with van der Waals surface area (Å²) in [6, 6.07) is 1.98. The van der Waals surface area contributed by atoms with E-state index in [9.17, 15) is 0 Å². The first-order valence-electron chi connectivity index (χ1n) is 6.80. The molecule has 3 rings (SSSR count). The number of rotatable bonds is 4. The molecule has 19 heavy (non-hydrogen) atoms. The third-order valence-corrected chi connectivity index (χ3v) is 4.88. The molecule has 2 aromatic heterocycles. The van der Waals surface area contributed by atoms with E-state index < -0.39 is 0 Å². The minimum atomic E-state index is 0.579. The molecule has 1 aliphatic carbocycles. The van der Waals surface area contributed by atoms with Crippen LogP contribution in [-0.4, -0.2) is 28.5 Å². The molecule has 0 bridgehead atoms. The molecular formula is C14H18ClN3S. The van der Waals surface area contributed by atoms with Crippen LogP contribution in [0.3, 0.4) is 0 Å². The average Bonchev–Trinajstić information content (AvgIpc) is 2.99. The predicted molar refractivity (Wildman–Crippen MR) is 80.7 cm³/mol. The van der Waals surface area contributed by atoms with Crippen LogP contribution in [0.4, 0.5) is 0 Å². The van der Waals surface area contributed by atoms with Gasteiger partial charge in [0.2, 0.25) is 0 Å². The fourth-order valence-corrected chi connectivity index (χ4v) is 3.96. The molecule has 0 N–H and O–H groups in total. The van der Waals surface area contributed by atoms with E-state index in [1.165, 1.54) is 25.7 Å². The molecule has 5 heteroatoms. The van der Waals surface area contributed by atoms with Gasteiger partial charge in [-0.25, -0.2) is 9.97 Å². The summed E-state index contributed by atoms with van der Waals surface area (Å²) < 4.78 is 0. The van der Waals surface area contributed by atoms with Crippen molar-refractivity contribution in [3.8, 4) is 0 Å². The Kier molecular flexibility index (Phi) is 4.01. The molecule has 1 aliphatic rings. The quantitative estimate of drug-likeness (QED) is 0.799. The molecule has 102 valence electrons. The molecule has 0 amide bonds. The van der Waals surface area contributed by atoms with Crippen LogP contribution in [0.1, 0.15) is 31.5 Å². The monoisotopic (exact) mass is 295 g/mol. The summed E-state index contributed by atoms with van der Waals surface area (Å²) >= 11 is 7.82. The van der Waals surface area contributed by atoms with Gasteiger partial charge >= 0.3 is 0 Å². The topological polar surface area (TPSA) is 29.0 Å². The van der Waals surface area contributed by atoms with Gasteiger partial charge in [-0.2, -0.15) is 0 Å². The minimum absolute atomic E-state index is 0.579. The van der Waals surface area contributed by atoms with E-state index in [2.05, 4.69) is 21.9 Å². The van der Waals surface area contributed by atoms with Crippen molar-refractivity contribution in [3.63, 3.8) is 0 Å². The van der Waals surface area contributed by atoms with Crippen LogP contribution in [0, 0.1) is 5.92 Å². The van der Waals surface area contributed by atoms with Crippen molar-refractivity contribution < 1.29 is 0 Å². The molecule has 0 aliphatic heterocycles. The SMILES string of the molecule is CN(Cc1nc(Cl)c2ccsc2n1)CC1CCCC1. The zero-order valence-electron chi connectivity index (χ0n) is 11.1. The molecule has 0 radical (unpaired) electrons. The summed E-state index contributed by atoms with van der Waals surface area (Å²) in [6.07, 6.45) is 5.52. The zero-order valence-corrected chi connectivity index (χ0v) is 12.7. The highest BCUT2D eigenvalue weighted by Gasteiger charge is 2.17. The van der Waals surface area contributed by atoms with Gasteiger partial charge in [-0.3, -0.25) is 4.90 Å². The number of halogens is 1. The molecule has 0 atom stereocenters. The lowest BCUT2D eigenvalue weighted by molar-refractivity contribution is 0.266. The third kappa shape index (κ3) is 3.07. The number of hydrogen-bond acceptors (Lipinski definition) is 4. The Bertz CT molecular complexity index is 563. The first kappa shape index (κ1) is 13.3. The summed E-state index contributed by atoms with van der Waals surface area (Å²) in [4.78, 5) is 12.3. The summed E-state index contributed by atoms with van der Waals surface area (Å²) in [5, 5.41) is 3.56. The summed E-state index contributed by atoms with van der Waals surface area (Å²) in [7, 11) is 2.15. The van der Waals surface area contributed by atoms with Crippen molar-refractivity contribution >= 4 is 33.2 Å². The Labute approximate surface area is 122 Å². The van der Waals surface area contributed by atoms with Crippen molar-refractivity contribution in [3.05, 3.63) is 22.4 Å². The van der Waals surface area contributed by atoms with Crippen LogP contribution in [0.2, 0.25) is 5.15 Å². The normalized spacial score (nSPS) is 16.8. The molecule has 0 unspecified atom stereocenters. The summed E-state index contributed by atoms with van der Waals surface area (Å²) in [5.74, 6) is 1.69. The van der Waals surface area contributed by atoms with Crippen molar-refractivity contribution in [2.24, 2.45) is 5.92 Å². The van der Waals surface area contributed by atoms with Gasteiger partial charge in [-0.1, -0.05) is 24.4 Å². The second-order valence-corrected chi connectivity index (χ2v) is 6.67. The fraction of sp³-hybridized carbons (Fsp3) is 0.571. The van der Waals surface area contributed by atoms with Crippen LogP contribution in [0.15, 0.2) is 11.4 Å². The second-order valence-electron chi connectivity index (χ2n) is 5.42. The predicted octanol–water partition coefficient (Wildman–Crippen LogP) is 3.97. The van der Waals surface area contributed by atoms with Crippen LogP contribution in [0.25, 0.3) is 10.2 Å². The van der Waals surface area contributed by atoms with Gasteiger partial charge in [0.1, 0.15) is 15.8 Å². The number of fused-ring (bicyclic) bond motifs is 1. The van der Waals surface area contributed by atoms with E-state index in [0.717, 1.165) is 35.0 Å². The van der Waals surface area contributed by atoms with Crippen LogP contribution in [0.5, 0.6) is 0 Å². The summed E-state index contributed by atoms with van der Waals surface area (Å²) in [5.41, 5.74) is 0. The second kappa shape index (κ2) is 5.73. The van der Waals surface area contributed by atoms with E-state index >= 15 is 0 Å². The lowest BCUT2D eigenvalue weighted by Gasteiger charge is -2.19. The van der Waals surface area contributed by atoms with Gasteiger partial charge in [0, 0.05) is 11.9 Å². The van der Waals surface area contributed by atoms with Gasteiger partial charge in [0.25, 0.3) is 0 Å². The Hall–Kier alpha value is -0.710. The maximum absolute atomic E-state index is 6.19. The lowest BCUT2D eigenvalue weighted by atomic mass is 10.1. The van der Waals surface area contributed by atoms with E-state index in [1.54, 1.807) is 11.3 Å². The smallest absolute Gasteiger partial charge is 0.145 e. The minimum Gasteiger partial charge on any atom is -0.299 e. The molecule has 0 saturated heterocycles. The van der Waals surface area contributed by atoms with Gasteiger partial charge in [-0.15, -0.1) is 11.3 Å². The molecule has 1 saturated carbocycles. The summed E-state index contributed by atoms with van der Waals surface area (Å²) in [6.45, 7) is 1.92. The van der Waals surface area contributed by atoms with Gasteiger partial charge in [0.15, 0.2) is 0 Å².